The van der Waals surface area contributed by atoms with Gasteiger partial charge in [-0.2, -0.15) is 26.3 Å². The summed E-state index contributed by atoms with van der Waals surface area (Å²) >= 11 is 0. The number of aliphatic hydroxyl groups excluding tert-OH is 1. The molecule has 34 heavy (non-hydrogen) atoms. The zero-order chi connectivity index (χ0) is 24.7. The molecule has 0 aliphatic heterocycles. The van der Waals surface area contributed by atoms with Gasteiger partial charge in [-0.1, -0.05) is 5.10 Å². The van der Waals surface area contributed by atoms with Crippen molar-refractivity contribution in [2.24, 2.45) is 0 Å². The van der Waals surface area contributed by atoms with E-state index in [4.69, 9.17) is 10.2 Å². The van der Waals surface area contributed by atoms with E-state index in [-0.39, 0.29) is 34.7 Å². The third-order valence-electron chi connectivity index (χ3n) is 5.36. The van der Waals surface area contributed by atoms with Crippen molar-refractivity contribution in [3.8, 4) is 11.6 Å². The summed E-state index contributed by atoms with van der Waals surface area (Å²) in [6.45, 7) is -1.52. The number of hydrogen-bond donors (Lipinski definition) is 4. The van der Waals surface area contributed by atoms with Gasteiger partial charge in [0.2, 0.25) is 0 Å². The van der Waals surface area contributed by atoms with Crippen LogP contribution in [0.2, 0.25) is 0 Å². The molecule has 0 radical (unpaired) electrons. The van der Waals surface area contributed by atoms with Crippen LogP contribution in [0.25, 0.3) is 22.5 Å². The van der Waals surface area contributed by atoms with Crippen molar-refractivity contribution < 1.29 is 35.9 Å². The average Bonchev–Trinajstić information content (AvgIpc) is 3.19. The van der Waals surface area contributed by atoms with Gasteiger partial charge in [0, 0.05) is 22.8 Å². The number of nitrogen functional groups attached to an aromatic ring is 1. The first-order valence-corrected chi connectivity index (χ1v) is 10.3. The van der Waals surface area contributed by atoms with Gasteiger partial charge in [0.05, 0.1) is 17.2 Å². The molecule has 8 nitrogen and oxygen atoms in total. The summed E-state index contributed by atoms with van der Waals surface area (Å²) in [6, 6.07) is 2.72. The van der Waals surface area contributed by atoms with E-state index in [1.54, 1.807) is 0 Å². The maximum Gasteiger partial charge on any atom is 0.418 e. The smallest absolute Gasteiger partial charge is 0.402 e. The lowest BCUT2D eigenvalue weighted by atomic mass is 9.93. The SMILES string of the molecule is Nc1cc(-c2nnc(N[C@@H]3CCC[C@H](O)C3)o2)nc2c(C(F)(F)F)cc(NCC(F)(F)F)cc12. The van der Waals surface area contributed by atoms with Gasteiger partial charge in [0.25, 0.3) is 5.89 Å². The molecule has 0 bridgehead atoms. The standard InChI is InChI=1S/C20H20F6N6O2/c21-19(22,23)8-28-10-5-12-14(27)7-15(30-16(12)13(6-10)20(24,25)26)17-31-32-18(34-17)29-9-2-1-3-11(33)4-9/h5-7,9,11,28,33H,1-4,8H2,(H2,27,30)(H,29,32)/t9-,11+/m1/s1. The van der Waals surface area contributed by atoms with Gasteiger partial charge in [-0.15, -0.1) is 5.10 Å². The Kier molecular flexibility index (Phi) is 6.18. The molecule has 0 unspecified atom stereocenters. The Balaban J connectivity index is 1.68. The molecule has 1 saturated carbocycles. The first-order valence-electron chi connectivity index (χ1n) is 10.3. The van der Waals surface area contributed by atoms with E-state index in [9.17, 15) is 31.4 Å². The van der Waals surface area contributed by atoms with E-state index in [0.717, 1.165) is 18.9 Å². The van der Waals surface area contributed by atoms with Crippen molar-refractivity contribution in [2.45, 2.75) is 50.2 Å². The predicted octanol–water partition coefficient (Wildman–Crippen LogP) is 4.58. The van der Waals surface area contributed by atoms with Gasteiger partial charge in [-0.25, -0.2) is 4.98 Å². The molecule has 1 aliphatic rings. The number of aliphatic hydroxyl groups is 1. The molecule has 5 N–H and O–H groups in total. The Morgan fingerprint density at radius 3 is 2.53 bits per heavy atom. The van der Waals surface area contributed by atoms with Crippen molar-refractivity contribution in [3.05, 3.63) is 23.8 Å². The lowest BCUT2D eigenvalue weighted by Gasteiger charge is -2.25. The van der Waals surface area contributed by atoms with Crippen molar-refractivity contribution in [1.82, 2.24) is 15.2 Å². The number of nitrogens with zero attached hydrogens (tertiary/aromatic N) is 3. The van der Waals surface area contributed by atoms with E-state index < -0.39 is 41.8 Å². The molecule has 1 aliphatic carbocycles. The van der Waals surface area contributed by atoms with Crippen LogP contribution in [0.4, 0.5) is 43.7 Å². The molecule has 1 aromatic carbocycles. The van der Waals surface area contributed by atoms with E-state index in [0.29, 0.717) is 18.9 Å². The van der Waals surface area contributed by atoms with Gasteiger partial charge in [-0.05, 0) is 43.9 Å². The van der Waals surface area contributed by atoms with E-state index in [1.165, 1.54) is 6.07 Å². The van der Waals surface area contributed by atoms with E-state index >= 15 is 0 Å². The lowest BCUT2D eigenvalue weighted by Crippen LogP contribution is -2.29. The summed E-state index contributed by atoms with van der Waals surface area (Å²) in [6.07, 6.45) is -7.23. The molecule has 2 atom stereocenters. The van der Waals surface area contributed by atoms with Crippen molar-refractivity contribution in [3.63, 3.8) is 0 Å². The van der Waals surface area contributed by atoms with Crippen molar-refractivity contribution in [2.75, 3.05) is 22.9 Å². The highest BCUT2D eigenvalue weighted by molar-refractivity contribution is 5.96. The predicted molar refractivity (Wildman–Crippen MR) is 111 cm³/mol. The van der Waals surface area contributed by atoms with Crippen LogP contribution in [-0.2, 0) is 6.18 Å². The molecule has 14 heteroatoms. The summed E-state index contributed by atoms with van der Waals surface area (Å²) < 4.78 is 84.2. The van der Waals surface area contributed by atoms with Crippen LogP contribution in [0, 0.1) is 0 Å². The first kappa shape index (κ1) is 23.9. The third kappa shape index (κ3) is 5.43. The Labute approximate surface area is 188 Å². The van der Waals surface area contributed by atoms with Crippen LogP contribution in [-0.4, -0.2) is 45.2 Å². The van der Waals surface area contributed by atoms with Crippen molar-refractivity contribution in [1.29, 1.82) is 0 Å². The maximum absolute atomic E-state index is 13.7. The summed E-state index contributed by atoms with van der Waals surface area (Å²) in [5, 5.41) is 22.1. The average molecular weight is 490 g/mol. The number of halogens is 6. The molecule has 0 spiro atoms. The first-order chi connectivity index (χ1) is 15.9. The number of aromatic nitrogens is 3. The minimum Gasteiger partial charge on any atom is -0.402 e. The Morgan fingerprint density at radius 1 is 1.09 bits per heavy atom. The second-order valence-corrected chi connectivity index (χ2v) is 8.06. The molecule has 2 heterocycles. The zero-order valence-electron chi connectivity index (χ0n) is 17.5. The van der Waals surface area contributed by atoms with Crippen LogP contribution in [0.5, 0.6) is 0 Å². The quantitative estimate of drug-likeness (QED) is 0.384. The van der Waals surface area contributed by atoms with Crippen LogP contribution in [0.1, 0.15) is 31.2 Å². The largest absolute Gasteiger partial charge is 0.418 e. The second-order valence-electron chi connectivity index (χ2n) is 8.06. The summed E-state index contributed by atoms with van der Waals surface area (Å²) in [5.41, 5.74) is 3.41. The van der Waals surface area contributed by atoms with Crippen LogP contribution >= 0.6 is 0 Å². The molecule has 1 fully saturated rings. The summed E-state index contributed by atoms with van der Waals surface area (Å²) in [7, 11) is 0. The number of anilines is 3. The Hall–Kier alpha value is -3.29. The number of fused-ring (bicyclic) bond motifs is 1. The number of rotatable bonds is 5. The normalized spacial score (nSPS) is 19.4. The van der Waals surface area contributed by atoms with E-state index in [2.05, 4.69) is 20.5 Å². The Bertz CT molecular complexity index is 1180. The monoisotopic (exact) mass is 490 g/mol. The fraction of sp³-hybridized carbons (Fsp3) is 0.450. The van der Waals surface area contributed by atoms with Crippen LogP contribution in [0.15, 0.2) is 22.6 Å². The minimum atomic E-state index is -4.92. The molecule has 0 saturated heterocycles. The molecule has 2 aromatic heterocycles. The fourth-order valence-electron chi connectivity index (χ4n) is 3.84. The van der Waals surface area contributed by atoms with Gasteiger partial charge >= 0.3 is 18.4 Å². The molecule has 4 rings (SSSR count). The van der Waals surface area contributed by atoms with E-state index in [1.807, 2.05) is 5.32 Å². The number of alkyl halides is 6. The highest BCUT2D eigenvalue weighted by Gasteiger charge is 2.35. The Morgan fingerprint density at radius 2 is 1.85 bits per heavy atom. The topological polar surface area (TPSA) is 122 Å². The molecule has 0 amide bonds. The molecular weight excluding hydrogens is 470 g/mol. The van der Waals surface area contributed by atoms with Crippen LogP contribution in [0.3, 0.4) is 0 Å². The van der Waals surface area contributed by atoms with Crippen LogP contribution < -0.4 is 16.4 Å². The lowest BCUT2D eigenvalue weighted by molar-refractivity contribution is -0.136. The van der Waals surface area contributed by atoms with Gasteiger partial charge in [0.1, 0.15) is 12.2 Å². The highest BCUT2D eigenvalue weighted by Crippen LogP contribution is 2.39. The third-order valence-corrected chi connectivity index (χ3v) is 5.36. The summed E-state index contributed by atoms with van der Waals surface area (Å²) in [5.74, 6) is -0.195. The van der Waals surface area contributed by atoms with Gasteiger partial charge < -0.3 is 25.9 Å². The molecule has 184 valence electrons. The number of benzene rings is 1. The highest BCUT2D eigenvalue weighted by atomic mass is 19.4. The van der Waals surface area contributed by atoms with Gasteiger partial charge in [-0.3, -0.25) is 0 Å². The van der Waals surface area contributed by atoms with Crippen molar-refractivity contribution >= 4 is 28.3 Å². The second kappa shape index (κ2) is 8.81. The molecular formula is C20H20F6N6O2. The fourth-order valence-corrected chi connectivity index (χ4v) is 3.84. The maximum atomic E-state index is 13.7. The number of hydrogen-bond acceptors (Lipinski definition) is 8. The molecule has 3 aromatic rings. The zero-order valence-corrected chi connectivity index (χ0v) is 17.5. The number of nitrogens with one attached hydrogen (secondary N) is 2. The number of nitrogens with two attached hydrogens (primary N) is 1. The summed E-state index contributed by atoms with van der Waals surface area (Å²) in [4.78, 5) is 3.98. The minimum absolute atomic E-state index is 0.0114. The van der Waals surface area contributed by atoms with Gasteiger partial charge in [0.15, 0.2) is 0 Å². The number of pyridine rings is 1.